The molecule has 130 valence electrons. The van der Waals surface area contributed by atoms with Gasteiger partial charge in [-0.3, -0.25) is 0 Å². The summed E-state index contributed by atoms with van der Waals surface area (Å²) in [6.45, 7) is 6.02. The van der Waals surface area contributed by atoms with Gasteiger partial charge in [0.2, 0.25) is 0 Å². The first-order chi connectivity index (χ1) is 12.8. The van der Waals surface area contributed by atoms with Crippen LogP contribution in [0.2, 0.25) is 0 Å². The molecule has 0 nitrogen and oxygen atoms in total. The van der Waals surface area contributed by atoms with Gasteiger partial charge >= 0.3 is 0 Å². The van der Waals surface area contributed by atoms with E-state index >= 15 is 0 Å². The maximum atomic E-state index is 3.89. The largest absolute Gasteiger partial charge is 0.112 e. The van der Waals surface area contributed by atoms with E-state index in [0.29, 0.717) is 0 Å². The van der Waals surface area contributed by atoms with Crippen molar-refractivity contribution in [2.45, 2.75) is 13.3 Å². The molecule has 0 aromatic heterocycles. The lowest BCUT2D eigenvalue weighted by Gasteiger charge is -2.27. The van der Waals surface area contributed by atoms with Crippen molar-refractivity contribution in [3.63, 3.8) is 0 Å². The molecule has 26 heavy (non-hydrogen) atoms. The van der Waals surface area contributed by atoms with E-state index in [4.69, 9.17) is 0 Å². The van der Waals surface area contributed by atoms with Gasteiger partial charge in [-0.25, -0.2) is 0 Å². The van der Waals surface area contributed by atoms with E-state index in [9.17, 15) is 0 Å². The highest BCUT2D eigenvalue weighted by Gasteiger charge is 2.44. The maximum Gasteiger partial charge on any atom is 0.112 e. The predicted octanol–water partition coefficient (Wildman–Crippen LogP) is 5.50. The first kappa shape index (κ1) is 18.4. The third kappa shape index (κ3) is 3.87. The van der Waals surface area contributed by atoms with Gasteiger partial charge in [0.25, 0.3) is 0 Å². The molecular weight excluding hydrogens is 331 g/mol. The Morgan fingerprint density at radius 1 is 0.731 bits per heavy atom. The van der Waals surface area contributed by atoms with Crippen molar-refractivity contribution in [2.75, 3.05) is 6.16 Å². The highest BCUT2D eigenvalue weighted by molar-refractivity contribution is 7.95. The molecule has 0 amide bonds. The summed E-state index contributed by atoms with van der Waals surface area (Å²) in [5.74, 6) is 0. The van der Waals surface area contributed by atoms with Crippen molar-refractivity contribution in [3.8, 4) is 0 Å². The van der Waals surface area contributed by atoms with Crippen molar-refractivity contribution >= 4 is 23.2 Å². The monoisotopic (exact) mass is 357 g/mol. The SMILES string of the molecule is C=C/C(C)=C/CC[P+](c1ccccc1)(c1ccccc1)c1ccccc1. The number of hydrogen-bond donors (Lipinski definition) is 0. The zero-order valence-corrected chi connectivity index (χ0v) is 16.3. The molecule has 0 aliphatic heterocycles. The molecule has 0 unspecified atom stereocenters. The standard InChI is InChI=1S/C25H26P/c1-3-22(2)14-13-21-26(23-15-7-4-8-16-23,24-17-9-5-10-18-24)25-19-11-6-12-20-25/h3-12,14-20H,1,13,21H2,2H3/q+1/b22-14+. The molecule has 0 N–H and O–H groups in total. The van der Waals surface area contributed by atoms with E-state index in [1.54, 1.807) is 0 Å². The van der Waals surface area contributed by atoms with Crippen LogP contribution in [-0.2, 0) is 0 Å². The second kappa shape index (κ2) is 8.79. The molecule has 0 radical (unpaired) electrons. The van der Waals surface area contributed by atoms with Crippen LogP contribution in [0, 0.1) is 0 Å². The maximum absolute atomic E-state index is 3.89. The zero-order chi connectivity index (χ0) is 18.2. The summed E-state index contributed by atoms with van der Waals surface area (Å²) in [5, 5.41) is 4.34. The molecule has 0 heterocycles. The molecule has 0 aliphatic carbocycles. The van der Waals surface area contributed by atoms with Crippen LogP contribution in [0.1, 0.15) is 13.3 Å². The summed E-state index contributed by atoms with van der Waals surface area (Å²) in [7, 11) is -1.70. The fourth-order valence-electron chi connectivity index (χ4n) is 3.45. The first-order valence-electron chi connectivity index (χ1n) is 9.11. The lowest BCUT2D eigenvalue weighted by Crippen LogP contribution is -2.33. The average molecular weight is 357 g/mol. The van der Waals surface area contributed by atoms with Gasteiger partial charge in [-0.05, 0) is 43.3 Å². The second-order valence-corrected chi connectivity index (χ2v) is 10.1. The van der Waals surface area contributed by atoms with Gasteiger partial charge in [0.1, 0.15) is 23.2 Å². The van der Waals surface area contributed by atoms with Crippen LogP contribution in [0.25, 0.3) is 0 Å². The molecule has 0 saturated carbocycles. The van der Waals surface area contributed by atoms with Crippen molar-refractivity contribution in [1.29, 1.82) is 0 Å². The smallest absolute Gasteiger partial charge is 0.0988 e. The van der Waals surface area contributed by atoms with Gasteiger partial charge in [0.15, 0.2) is 0 Å². The first-order valence-corrected chi connectivity index (χ1v) is 11.1. The van der Waals surface area contributed by atoms with E-state index in [-0.39, 0.29) is 0 Å². The summed E-state index contributed by atoms with van der Waals surface area (Å²) in [4.78, 5) is 0. The minimum atomic E-state index is -1.70. The van der Waals surface area contributed by atoms with Gasteiger partial charge in [-0.15, -0.1) is 0 Å². The van der Waals surface area contributed by atoms with Gasteiger partial charge < -0.3 is 0 Å². The summed E-state index contributed by atoms with van der Waals surface area (Å²) in [6.07, 6.45) is 6.42. The molecule has 1 heteroatoms. The van der Waals surface area contributed by atoms with Crippen LogP contribution >= 0.6 is 7.26 Å². The van der Waals surface area contributed by atoms with Crippen LogP contribution < -0.4 is 15.9 Å². The lowest BCUT2D eigenvalue weighted by atomic mass is 10.2. The van der Waals surface area contributed by atoms with Crippen LogP contribution in [0.4, 0.5) is 0 Å². The Morgan fingerprint density at radius 2 is 1.12 bits per heavy atom. The Balaban J connectivity index is 2.19. The molecule has 3 aromatic rings. The summed E-state index contributed by atoms with van der Waals surface area (Å²) in [5.41, 5.74) is 1.25. The number of allylic oxidation sites excluding steroid dienone is 3. The molecule has 0 aliphatic rings. The van der Waals surface area contributed by atoms with Crippen LogP contribution in [0.5, 0.6) is 0 Å². The van der Waals surface area contributed by atoms with Gasteiger partial charge in [-0.1, -0.05) is 78.9 Å². The fourth-order valence-corrected chi connectivity index (χ4v) is 7.68. The summed E-state index contributed by atoms with van der Waals surface area (Å²) in [6, 6.07) is 33.1. The second-order valence-electron chi connectivity index (χ2n) is 6.48. The van der Waals surface area contributed by atoms with E-state index < -0.39 is 7.26 Å². The van der Waals surface area contributed by atoms with Gasteiger partial charge in [0.05, 0.1) is 6.16 Å². The summed E-state index contributed by atoms with van der Waals surface area (Å²) >= 11 is 0. The van der Waals surface area contributed by atoms with Crippen molar-refractivity contribution in [3.05, 3.63) is 115 Å². The van der Waals surface area contributed by atoms with Crippen LogP contribution in [0.15, 0.2) is 115 Å². The van der Waals surface area contributed by atoms with E-state index in [2.05, 4.69) is 111 Å². The third-order valence-electron chi connectivity index (χ3n) is 4.84. The Labute approximate surface area is 158 Å². The zero-order valence-electron chi connectivity index (χ0n) is 15.4. The molecule has 3 rings (SSSR count). The molecule has 0 spiro atoms. The lowest BCUT2D eigenvalue weighted by molar-refractivity contribution is 1.20. The number of rotatable bonds is 7. The third-order valence-corrected chi connectivity index (χ3v) is 9.31. The Kier molecular flexibility index (Phi) is 6.21. The predicted molar refractivity (Wildman–Crippen MR) is 119 cm³/mol. The molecule has 0 fully saturated rings. The minimum absolute atomic E-state index is 1.05. The van der Waals surface area contributed by atoms with Gasteiger partial charge in [0, 0.05) is 6.42 Å². The van der Waals surface area contributed by atoms with Crippen molar-refractivity contribution in [2.24, 2.45) is 0 Å². The Morgan fingerprint density at radius 3 is 1.46 bits per heavy atom. The normalized spacial score (nSPS) is 12.0. The van der Waals surface area contributed by atoms with E-state index in [1.807, 2.05) is 6.08 Å². The van der Waals surface area contributed by atoms with Gasteiger partial charge in [-0.2, -0.15) is 0 Å². The molecule has 0 atom stereocenters. The fraction of sp³-hybridized carbons (Fsp3) is 0.120. The van der Waals surface area contributed by atoms with Crippen molar-refractivity contribution < 1.29 is 0 Å². The highest BCUT2D eigenvalue weighted by Crippen LogP contribution is 2.55. The van der Waals surface area contributed by atoms with E-state index in [0.717, 1.165) is 12.6 Å². The van der Waals surface area contributed by atoms with E-state index in [1.165, 1.54) is 21.5 Å². The summed E-state index contributed by atoms with van der Waals surface area (Å²) < 4.78 is 0. The van der Waals surface area contributed by atoms with Crippen LogP contribution in [0.3, 0.4) is 0 Å². The average Bonchev–Trinajstić information content (AvgIpc) is 2.73. The number of hydrogen-bond acceptors (Lipinski definition) is 0. The molecule has 0 bridgehead atoms. The minimum Gasteiger partial charge on any atom is -0.0988 e. The molecule has 3 aromatic carbocycles. The Bertz CT molecular complexity index is 752. The quantitative estimate of drug-likeness (QED) is 0.387. The van der Waals surface area contributed by atoms with Crippen molar-refractivity contribution in [1.82, 2.24) is 0 Å². The Hall–Kier alpha value is -2.43. The topological polar surface area (TPSA) is 0 Å². The highest BCUT2D eigenvalue weighted by atomic mass is 31.2. The molecular formula is C25H26P+. The molecule has 0 saturated heterocycles. The number of benzene rings is 3. The van der Waals surface area contributed by atoms with Crippen LogP contribution in [-0.4, -0.2) is 6.16 Å².